The van der Waals surface area contributed by atoms with Crippen LogP contribution in [0.3, 0.4) is 0 Å². The highest BCUT2D eigenvalue weighted by molar-refractivity contribution is 6.62. The van der Waals surface area contributed by atoms with Crippen molar-refractivity contribution in [2.45, 2.75) is 103 Å². The van der Waals surface area contributed by atoms with Crippen molar-refractivity contribution < 1.29 is 23.2 Å². The zero-order valence-corrected chi connectivity index (χ0v) is 27.1. The molecule has 2 aromatic heterocycles. The van der Waals surface area contributed by atoms with Crippen LogP contribution in [0, 0.1) is 5.82 Å². The average molecular weight is 627 g/mol. The van der Waals surface area contributed by atoms with E-state index < -0.39 is 35.8 Å². The zero-order valence-electron chi connectivity index (χ0n) is 26.3. The Bertz CT molecular complexity index is 1560. The van der Waals surface area contributed by atoms with Crippen LogP contribution in [0.15, 0.2) is 41.7 Å². The van der Waals surface area contributed by atoms with E-state index in [-0.39, 0.29) is 28.6 Å². The summed E-state index contributed by atoms with van der Waals surface area (Å²) in [5, 5.41) is 11.6. The van der Waals surface area contributed by atoms with E-state index in [0.717, 1.165) is 42.4 Å². The molecule has 236 valence electrons. The van der Waals surface area contributed by atoms with Gasteiger partial charge in [-0.1, -0.05) is 11.6 Å². The molecule has 10 nitrogen and oxygen atoms in total. The van der Waals surface area contributed by atoms with Gasteiger partial charge in [0.05, 0.1) is 44.9 Å². The number of amidine groups is 1. The summed E-state index contributed by atoms with van der Waals surface area (Å²) in [4.78, 5) is 16.8. The van der Waals surface area contributed by atoms with Crippen molar-refractivity contribution in [1.29, 1.82) is 0 Å². The van der Waals surface area contributed by atoms with Crippen LogP contribution in [0.2, 0.25) is 5.02 Å². The molecule has 3 aromatic rings. The van der Waals surface area contributed by atoms with E-state index in [9.17, 15) is 9.18 Å². The van der Waals surface area contributed by atoms with Gasteiger partial charge in [-0.3, -0.25) is 0 Å². The number of benzene rings is 1. The molecule has 0 radical (unpaired) electrons. The molecule has 0 atom stereocenters. The van der Waals surface area contributed by atoms with Crippen molar-refractivity contribution in [2.24, 2.45) is 10.7 Å². The number of carbonyl (C=O) groups excluding carboxylic acids is 1. The average Bonchev–Trinajstić information content (AvgIpc) is 3.44. The maximum atomic E-state index is 14.0. The zero-order chi connectivity index (χ0) is 32.0. The summed E-state index contributed by atoms with van der Waals surface area (Å²) in [5.74, 6) is -0.336. The molecule has 1 amide bonds. The Kier molecular flexibility index (Phi) is 8.65. The molecule has 0 spiro atoms. The molecule has 1 aromatic carbocycles. The first-order valence-corrected chi connectivity index (χ1v) is 15.3. The fourth-order valence-corrected chi connectivity index (χ4v) is 5.51. The lowest BCUT2D eigenvalue weighted by Gasteiger charge is -2.32. The van der Waals surface area contributed by atoms with E-state index in [0.29, 0.717) is 5.56 Å². The lowest BCUT2D eigenvalue weighted by atomic mass is 9.81. The normalized spacial score (nSPS) is 21.8. The molecule has 1 aliphatic carbocycles. The van der Waals surface area contributed by atoms with Gasteiger partial charge < -0.3 is 30.4 Å². The van der Waals surface area contributed by atoms with E-state index in [1.54, 1.807) is 10.7 Å². The van der Waals surface area contributed by atoms with Crippen LogP contribution in [-0.4, -0.2) is 57.5 Å². The molecule has 1 saturated heterocycles. The van der Waals surface area contributed by atoms with Crippen LogP contribution in [-0.2, 0) is 14.0 Å². The molecule has 5 rings (SSSR count). The summed E-state index contributed by atoms with van der Waals surface area (Å²) in [6.07, 6.45) is 6.25. The van der Waals surface area contributed by atoms with Crippen LogP contribution in [0.4, 0.5) is 20.6 Å². The van der Waals surface area contributed by atoms with Crippen molar-refractivity contribution in [3.8, 4) is 0 Å². The molecule has 0 unspecified atom stereocenters. The van der Waals surface area contributed by atoms with Gasteiger partial charge in [-0.2, -0.15) is 5.10 Å². The van der Waals surface area contributed by atoms with Crippen LogP contribution < -0.4 is 21.8 Å². The van der Waals surface area contributed by atoms with E-state index in [4.69, 9.17) is 31.4 Å². The van der Waals surface area contributed by atoms with Gasteiger partial charge in [0, 0.05) is 29.8 Å². The second-order valence-corrected chi connectivity index (χ2v) is 14.0. The number of hydrogen-bond acceptors (Lipinski definition) is 7. The van der Waals surface area contributed by atoms with E-state index in [1.807, 2.05) is 60.7 Å². The maximum Gasteiger partial charge on any atom is 0.496 e. The van der Waals surface area contributed by atoms with E-state index in [2.05, 4.69) is 20.7 Å². The summed E-state index contributed by atoms with van der Waals surface area (Å²) >= 11 is 6.29. The minimum atomic E-state index is -0.579. The van der Waals surface area contributed by atoms with E-state index in [1.165, 1.54) is 18.2 Å². The Balaban J connectivity index is 1.45. The number of nitrogens with one attached hydrogen (secondary N) is 2. The number of aromatic nitrogens is 2. The van der Waals surface area contributed by atoms with Crippen molar-refractivity contribution >= 4 is 53.0 Å². The number of nitrogens with zero attached hydrogens (tertiary/aromatic N) is 3. The second kappa shape index (κ2) is 11.9. The first-order chi connectivity index (χ1) is 20.5. The van der Waals surface area contributed by atoms with Crippen LogP contribution in [0.5, 0.6) is 0 Å². The number of hydrogen-bond donors (Lipinski definition) is 3. The Labute approximate surface area is 263 Å². The van der Waals surface area contributed by atoms with Crippen LogP contribution in [0.1, 0.15) is 79.7 Å². The predicted molar refractivity (Wildman–Crippen MR) is 172 cm³/mol. The highest BCUT2D eigenvalue weighted by Crippen LogP contribution is 2.37. The molecule has 3 heterocycles. The third-order valence-corrected chi connectivity index (χ3v) is 8.72. The lowest BCUT2D eigenvalue weighted by molar-refractivity contribution is 0.00578. The molecular weight excluding hydrogens is 586 g/mol. The Morgan fingerprint density at radius 3 is 2.41 bits per heavy atom. The van der Waals surface area contributed by atoms with E-state index >= 15 is 0 Å². The minimum Gasteiger partial charge on any atom is -0.444 e. The minimum absolute atomic E-state index is 0.0184. The summed E-state index contributed by atoms with van der Waals surface area (Å²) < 4.78 is 33.8. The Morgan fingerprint density at radius 1 is 1.14 bits per heavy atom. The molecule has 1 saturated carbocycles. The predicted octanol–water partition coefficient (Wildman–Crippen LogP) is 5.71. The molecule has 44 heavy (non-hydrogen) atoms. The molecule has 13 heteroatoms. The van der Waals surface area contributed by atoms with Gasteiger partial charge in [0.15, 0.2) is 0 Å². The number of amides is 1. The SMILES string of the molecule is CC(C)(C)OC(=O)NC1CCC(Nc2c(C(N)=Nc3cc(F)ccc3Cl)cnn3cc(B4OC(C)(C)C(C)(C)O4)cc23)CC1. The van der Waals surface area contributed by atoms with Gasteiger partial charge in [0.25, 0.3) is 0 Å². The van der Waals surface area contributed by atoms with Crippen LogP contribution in [0.25, 0.3) is 5.52 Å². The van der Waals surface area contributed by atoms with Crippen molar-refractivity contribution in [3.05, 3.63) is 53.1 Å². The third-order valence-electron chi connectivity index (χ3n) is 8.41. The number of alkyl carbamates (subject to hydrolysis) is 1. The first-order valence-electron chi connectivity index (χ1n) is 14.9. The molecule has 4 N–H and O–H groups in total. The standard InChI is InChI=1S/C31H41BClFN6O4/c1-29(2,3)42-28(41)38-21-11-9-20(10-12-21)37-26-22(27(35)39-24-15-19(34)8-13-23(24)33)16-36-40-17-18(14-25(26)40)32-43-30(4,5)31(6,7)44-32/h8,13-17,20-21,37H,9-12H2,1-7H3,(H2,35,39)(H,38,41). The maximum absolute atomic E-state index is 14.0. The number of halogens is 2. The fourth-order valence-electron chi connectivity index (χ4n) is 5.35. The highest BCUT2D eigenvalue weighted by Gasteiger charge is 2.52. The number of carbonyl (C=O) groups is 1. The number of rotatable bonds is 6. The lowest BCUT2D eigenvalue weighted by Crippen LogP contribution is -2.42. The topological polar surface area (TPSA) is 124 Å². The Hall–Kier alpha value is -3.35. The fraction of sp³-hybridized carbons (Fsp3) is 0.516. The Morgan fingerprint density at radius 2 is 1.77 bits per heavy atom. The van der Waals surface area contributed by atoms with Gasteiger partial charge >= 0.3 is 13.2 Å². The summed E-state index contributed by atoms with van der Waals surface area (Å²) in [5.41, 5.74) is 8.03. The largest absolute Gasteiger partial charge is 0.496 e. The molecule has 1 aliphatic heterocycles. The molecule has 2 aliphatic rings. The van der Waals surface area contributed by atoms with Crippen molar-refractivity contribution in [3.63, 3.8) is 0 Å². The van der Waals surface area contributed by atoms with Crippen LogP contribution >= 0.6 is 11.6 Å². The van der Waals surface area contributed by atoms with Gasteiger partial charge in [-0.05, 0) is 92.3 Å². The number of ether oxygens (including phenoxy) is 1. The number of fused-ring (bicyclic) bond motifs is 1. The number of aliphatic imine (C=N–C) groups is 1. The van der Waals surface area contributed by atoms with Gasteiger partial charge in [-0.25, -0.2) is 18.7 Å². The summed E-state index contributed by atoms with van der Waals surface area (Å²) in [6, 6.07) is 6.02. The summed E-state index contributed by atoms with van der Waals surface area (Å²) in [7, 11) is -0.579. The van der Waals surface area contributed by atoms with Crippen molar-refractivity contribution in [1.82, 2.24) is 14.9 Å². The second-order valence-electron chi connectivity index (χ2n) is 13.6. The molecule has 2 fully saturated rings. The number of nitrogens with two attached hydrogens (primary N) is 1. The smallest absolute Gasteiger partial charge is 0.444 e. The van der Waals surface area contributed by atoms with Gasteiger partial charge in [0.2, 0.25) is 0 Å². The quantitative estimate of drug-likeness (QED) is 0.182. The highest BCUT2D eigenvalue weighted by atomic mass is 35.5. The summed E-state index contributed by atoms with van der Waals surface area (Å²) in [6.45, 7) is 13.6. The molecular formula is C31H41BClFN6O4. The first kappa shape index (κ1) is 32.1. The van der Waals surface area contributed by atoms with Gasteiger partial charge in [-0.15, -0.1) is 0 Å². The van der Waals surface area contributed by atoms with Crippen molar-refractivity contribution in [2.75, 3.05) is 5.32 Å². The van der Waals surface area contributed by atoms with Gasteiger partial charge in [0.1, 0.15) is 17.3 Å². The monoisotopic (exact) mass is 626 g/mol. The third kappa shape index (κ3) is 6.97. The molecule has 0 bridgehead atoms. The number of anilines is 1.